The molecule has 0 spiro atoms. The Hall–Kier alpha value is -3.99. The number of ether oxygens (including phenoxy) is 2. The molecule has 8 nitrogen and oxygen atoms in total. The molecule has 11 heteroatoms. The maximum atomic E-state index is 13.9. The molecule has 2 aromatic heterocycles. The number of halogens is 3. The summed E-state index contributed by atoms with van der Waals surface area (Å²) in [5.74, 6) is 1.37. The van der Waals surface area contributed by atoms with Crippen molar-refractivity contribution >= 4 is 5.97 Å². The van der Waals surface area contributed by atoms with E-state index in [9.17, 15) is 18.0 Å². The summed E-state index contributed by atoms with van der Waals surface area (Å²) in [6.07, 6.45) is 2.01. The second-order valence-electron chi connectivity index (χ2n) is 11.9. The molecule has 0 amide bonds. The summed E-state index contributed by atoms with van der Waals surface area (Å²) in [5.41, 5.74) is 0.528. The topological polar surface area (TPSA) is 100 Å². The van der Waals surface area contributed by atoms with Crippen LogP contribution in [-0.2, 0) is 27.7 Å². The number of aromatic nitrogens is 3. The van der Waals surface area contributed by atoms with Gasteiger partial charge in [-0.1, -0.05) is 40.6 Å². The number of carbonyl (C=O) groups excluding carboxylic acids is 1. The lowest BCUT2D eigenvalue weighted by atomic mass is 9.58. The van der Waals surface area contributed by atoms with Gasteiger partial charge in [0, 0.05) is 22.6 Å². The summed E-state index contributed by atoms with van der Waals surface area (Å²) in [4.78, 5) is 16.7. The van der Waals surface area contributed by atoms with Gasteiger partial charge < -0.3 is 18.5 Å². The van der Waals surface area contributed by atoms with E-state index in [1.807, 2.05) is 6.07 Å². The van der Waals surface area contributed by atoms with Crippen molar-refractivity contribution < 1.29 is 36.5 Å². The number of hydrogen-bond acceptors (Lipinski definition) is 8. The van der Waals surface area contributed by atoms with Crippen LogP contribution in [-0.4, -0.2) is 34.0 Å². The zero-order chi connectivity index (χ0) is 29.8. The van der Waals surface area contributed by atoms with E-state index < -0.39 is 23.3 Å². The number of alkyl halides is 3. The number of carbonyl (C=O) groups is 1. The van der Waals surface area contributed by atoms with Crippen LogP contribution < -0.4 is 0 Å². The number of rotatable bonds is 8. The summed E-state index contributed by atoms with van der Waals surface area (Å²) >= 11 is 0. The second-order valence-corrected chi connectivity index (χ2v) is 11.9. The van der Waals surface area contributed by atoms with E-state index >= 15 is 0 Å². The highest BCUT2D eigenvalue weighted by Gasteiger charge is 2.53. The van der Waals surface area contributed by atoms with E-state index in [2.05, 4.69) is 10.3 Å². The van der Waals surface area contributed by atoms with Crippen molar-refractivity contribution in [3.8, 4) is 22.6 Å². The van der Waals surface area contributed by atoms with Gasteiger partial charge in [-0.2, -0.15) is 18.2 Å². The predicted octanol–water partition coefficient (Wildman–Crippen LogP) is 7.64. The molecule has 0 radical (unpaired) electrons. The lowest BCUT2D eigenvalue weighted by molar-refractivity contribution is -0.137. The lowest BCUT2D eigenvalue weighted by Crippen LogP contribution is -2.49. The summed E-state index contributed by atoms with van der Waals surface area (Å²) in [6, 6.07) is 12.4. The van der Waals surface area contributed by atoms with Gasteiger partial charge in [0.25, 0.3) is 0 Å². The highest BCUT2D eigenvalue weighted by Crippen LogP contribution is 2.55. The highest BCUT2D eigenvalue weighted by atomic mass is 19.4. The van der Waals surface area contributed by atoms with E-state index in [-0.39, 0.29) is 29.2 Å². The SMILES string of the molecule is COC(=O)c1cccc(-c2noc(C34CCC(OCc5c(-c6ccccc6C(F)(F)F)noc5C5CC5)(CC3)CC4)n2)c1. The first-order valence-electron chi connectivity index (χ1n) is 14.5. The maximum Gasteiger partial charge on any atom is 0.417 e. The third-order valence-corrected chi connectivity index (χ3v) is 9.38. The number of esters is 1. The van der Waals surface area contributed by atoms with Crippen LogP contribution in [0.3, 0.4) is 0 Å². The maximum absolute atomic E-state index is 13.9. The van der Waals surface area contributed by atoms with Crippen molar-refractivity contribution in [1.29, 1.82) is 0 Å². The fraction of sp³-hybridized carbons (Fsp3) is 0.438. The van der Waals surface area contributed by atoms with Gasteiger partial charge in [0.2, 0.25) is 11.7 Å². The molecule has 4 saturated carbocycles. The van der Waals surface area contributed by atoms with Crippen LogP contribution in [0.4, 0.5) is 13.2 Å². The van der Waals surface area contributed by atoms with E-state index in [4.69, 9.17) is 23.5 Å². The third-order valence-electron chi connectivity index (χ3n) is 9.38. The van der Waals surface area contributed by atoms with Gasteiger partial charge in [0.15, 0.2) is 0 Å². The summed E-state index contributed by atoms with van der Waals surface area (Å²) in [7, 11) is 1.33. The number of methoxy groups -OCH3 is 1. The average molecular weight is 594 g/mol. The normalized spacial score (nSPS) is 23.4. The molecule has 4 aliphatic carbocycles. The van der Waals surface area contributed by atoms with Crippen LogP contribution in [0.5, 0.6) is 0 Å². The minimum absolute atomic E-state index is 0.0115. The molecule has 0 N–H and O–H groups in total. The first-order chi connectivity index (χ1) is 20.7. The monoisotopic (exact) mass is 593 g/mol. The molecular weight excluding hydrogens is 563 g/mol. The van der Waals surface area contributed by atoms with Crippen molar-refractivity contribution in [1.82, 2.24) is 15.3 Å². The Morgan fingerprint density at radius 1 is 0.977 bits per heavy atom. The number of hydrogen-bond donors (Lipinski definition) is 0. The number of fused-ring (bicyclic) bond motifs is 3. The third kappa shape index (κ3) is 5.03. The van der Waals surface area contributed by atoms with Crippen LogP contribution in [0, 0.1) is 0 Å². The summed E-state index contributed by atoms with van der Waals surface area (Å²) < 4.78 is 64.4. The molecule has 0 saturated heterocycles. The van der Waals surface area contributed by atoms with Crippen LogP contribution in [0.1, 0.15) is 90.4 Å². The van der Waals surface area contributed by atoms with Crippen LogP contribution >= 0.6 is 0 Å². The van der Waals surface area contributed by atoms with Gasteiger partial charge in [0.05, 0.1) is 35.9 Å². The quantitative estimate of drug-likeness (QED) is 0.192. The summed E-state index contributed by atoms with van der Waals surface area (Å²) in [5, 5.41) is 8.35. The number of benzene rings is 2. The Bertz CT molecular complexity index is 1650. The predicted molar refractivity (Wildman–Crippen MR) is 147 cm³/mol. The van der Waals surface area contributed by atoms with Crippen molar-refractivity contribution in [3.05, 3.63) is 76.9 Å². The largest absolute Gasteiger partial charge is 0.465 e. The van der Waals surface area contributed by atoms with Gasteiger partial charge in [-0.3, -0.25) is 0 Å². The van der Waals surface area contributed by atoms with Crippen molar-refractivity contribution in [2.45, 2.75) is 81.1 Å². The van der Waals surface area contributed by atoms with Gasteiger partial charge in [-0.15, -0.1) is 0 Å². The minimum atomic E-state index is -4.51. The van der Waals surface area contributed by atoms with Crippen molar-refractivity contribution in [2.75, 3.05) is 7.11 Å². The fourth-order valence-electron chi connectivity index (χ4n) is 6.65. The molecule has 0 atom stereocenters. The highest BCUT2D eigenvalue weighted by molar-refractivity contribution is 5.90. The Kier molecular flexibility index (Phi) is 6.68. The van der Waals surface area contributed by atoms with E-state index in [1.165, 1.54) is 19.2 Å². The zero-order valence-electron chi connectivity index (χ0n) is 23.6. The molecule has 2 heterocycles. The molecule has 0 unspecified atom stereocenters. The van der Waals surface area contributed by atoms with E-state index in [1.54, 1.807) is 24.3 Å². The second kappa shape index (κ2) is 10.3. The smallest absolute Gasteiger partial charge is 0.417 e. The standard InChI is InChI=1S/C32H30F3N3O5/c1-40-28(39)21-6-4-5-20(17-21)27-36-29(43-38-27)30-11-14-31(15-12-30,16-13-30)41-18-23-25(37-42-26(23)19-9-10-19)22-7-2-3-8-24(22)32(33,34)35/h2-8,17,19H,9-16,18H2,1H3. The molecule has 4 fully saturated rings. The average Bonchev–Trinajstić information content (AvgIpc) is 3.58. The molecular formula is C32H30F3N3O5. The molecule has 4 aromatic rings. The minimum Gasteiger partial charge on any atom is -0.465 e. The van der Waals surface area contributed by atoms with Crippen LogP contribution in [0.2, 0.25) is 0 Å². The van der Waals surface area contributed by atoms with Crippen molar-refractivity contribution in [2.24, 2.45) is 0 Å². The molecule has 43 heavy (non-hydrogen) atoms. The molecule has 2 bridgehead atoms. The molecule has 8 rings (SSSR count). The summed E-state index contributed by atoms with van der Waals surface area (Å²) in [6.45, 7) is 0.144. The van der Waals surface area contributed by atoms with E-state index in [0.717, 1.165) is 57.4 Å². The van der Waals surface area contributed by atoms with Crippen LogP contribution in [0.25, 0.3) is 22.6 Å². The molecule has 224 valence electrons. The van der Waals surface area contributed by atoms with Gasteiger partial charge in [0.1, 0.15) is 11.5 Å². The van der Waals surface area contributed by atoms with Crippen LogP contribution in [0.15, 0.2) is 57.6 Å². The molecule has 4 aliphatic rings. The van der Waals surface area contributed by atoms with E-state index in [0.29, 0.717) is 34.2 Å². The van der Waals surface area contributed by atoms with Crippen molar-refractivity contribution in [3.63, 3.8) is 0 Å². The number of nitrogens with zero attached hydrogens (tertiary/aromatic N) is 3. The van der Waals surface area contributed by atoms with Gasteiger partial charge in [-0.05, 0) is 69.6 Å². The van der Waals surface area contributed by atoms with Gasteiger partial charge >= 0.3 is 12.1 Å². The Morgan fingerprint density at radius 2 is 1.72 bits per heavy atom. The zero-order valence-corrected chi connectivity index (χ0v) is 23.6. The van der Waals surface area contributed by atoms with Gasteiger partial charge in [-0.25, -0.2) is 4.79 Å². The Morgan fingerprint density at radius 3 is 2.42 bits per heavy atom. The Balaban J connectivity index is 1.09. The molecule has 0 aliphatic heterocycles. The first-order valence-corrected chi connectivity index (χ1v) is 14.5. The lowest BCUT2D eigenvalue weighted by Gasteiger charge is -2.51. The Labute approximate surface area is 245 Å². The first kappa shape index (κ1) is 27.8. The fourth-order valence-corrected chi connectivity index (χ4v) is 6.65. The molecule has 2 aromatic carbocycles.